The van der Waals surface area contributed by atoms with Gasteiger partial charge in [0.05, 0.1) is 13.1 Å². The molecule has 0 bridgehead atoms. The maximum atomic E-state index is 12.2. The van der Waals surface area contributed by atoms with E-state index in [2.05, 4.69) is 5.32 Å². The lowest BCUT2D eigenvalue weighted by molar-refractivity contribution is 0.0891. The van der Waals surface area contributed by atoms with Crippen LogP contribution in [-0.2, 0) is 4.74 Å². The van der Waals surface area contributed by atoms with Gasteiger partial charge in [-0.25, -0.2) is 4.79 Å². The van der Waals surface area contributed by atoms with Gasteiger partial charge in [-0.15, -0.1) is 0 Å². The zero-order valence-corrected chi connectivity index (χ0v) is 13.3. The molecule has 1 atom stereocenters. The van der Waals surface area contributed by atoms with Gasteiger partial charge in [0.15, 0.2) is 5.76 Å². The predicted molar refractivity (Wildman–Crippen MR) is 92.6 cm³/mol. The Morgan fingerprint density at radius 1 is 1.12 bits per heavy atom. The fourth-order valence-corrected chi connectivity index (χ4v) is 2.83. The van der Waals surface area contributed by atoms with Gasteiger partial charge in [0.2, 0.25) is 0 Å². The second kappa shape index (κ2) is 6.32. The number of benzene rings is 2. The Morgan fingerprint density at radius 3 is 2.68 bits per heavy atom. The molecule has 0 saturated carbocycles. The molecule has 6 heteroatoms. The molecule has 0 radical (unpaired) electrons. The second-order valence-electron chi connectivity index (χ2n) is 5.81. The minimum atomic E-state index is -0.408. The van der Waals surface area contributed by atoms with Crippen molar-refractivity contribution in [3.63, 3.8) is 0 Å². The first-order chi connectivity index (χ1) is 12.2. The highest BCUT2D eigenvalue weighted by Crippen LogP contribution is 2.21. The third kappa shape index (κ3) is 3.06. The number of nitrogens with one attached hydrogen (secondary N) is 1. The Bertz CT molecular complexity index is 886. The molecular formula is C19H16N2O4. The summed E-state index contributed by atoms with van der Waals surface area (Å²) in [6, 6.07) is 18.4. The first kappa shape index (κ1) is 15.3. The summed E-state index contributed by atoms with van der Waals surface area (Å²) in [4.78, 5) is 25.8. The maximum Gasteiger partial charge on any atom is 0.414 e. The number of ether oxygens (including phenoxy) is 1. The first-order valence-electron chi connectivity index (χ1n) is 8.01. The van der Waals surface area contributed by atoms with Crippen molar-refractivity contribution in [3.8, 4) is 0 Å². The summed E-state index contributed by atoms with van der Waals surface area (Å²) >= 11 is 0. The van der Waals surface area contributed by atoms with Crippen molar-refractivity contribution in [3.05, 3.63) is 66.4 Å². The number of amides is 2. The third-order valence-corrected chi connectivity index (χ3v) is 4.08. The number of hydrogen-bond acceptors (Lipinski definition) is 4. The smallest absolute Gasteiger partial charge is 0.414 e. The number of hydrogen-bond donors (Lipinski definition) is 1. The van der Waals surface area contributed by atoms with Crippen LogP contribution in [0.3, 0.4) is 0 Å². The van der Waals surface area contributed by atoms with Crippen LogP contribution in [0, 0.1) is 0 Å². The van der Waals surface area contributed by atoms with Crippen molar-refractivity contribution in [2.45, 2.75) is 6.10 Å². The van der Waals surface area contributed by atoms with E-state index in [1.165, 1.54) is 0 Å². The molecule has 1 saturated heterocycles. The molecule has 25 heavy (non-hydrogen) atoms. The van der Waals surface area contributed by atoms with Gasteiger partial charge in [-0.05, 0) is 24.3 Å². The van der Waals surface area contributed by atoms with E-state index in [1.807, 2.05) is 54.6 Å². The van der Waals surface area contributed by atoms with Crippen LogP contribution in [0.5, 0.6) is 0 Å². The van der Waals surface area contributed by atoms with Gasteiger partial charge in [0.25, 0.3) is 5.91 Å². The number of cyclic esters (lactones) is 1. The summed E-state index contributed by atoms with van der Waals surface area (Å²) in [5, 5.41) is 3.63. The highest BCUT2D eigenvalue weighted by molar-refractivity contribution is 5.96. The Hall–Kier alpha value is -3.28. The lowest BCUT2D eigenvalue weighted by Gasteiger charge is -2.12. The van der Waals surface area contributed by atoms with Crippen molar-refractivity contribution >= 4 is 28.7 Å². The van der Waals surface area contributed by atoms with E-state index in [0.717, 1.165) is 11.1 Å². The summed E-state index contributed by atoms with van der Waals surface area (Å²) in [5.74, 6) is -0.0872. The lowest BCUT2D eigenvalue weighted by Crippen LogP contribution is -2.34. The fraction of sp³-hybridized carbons (Fsp3) is 0.158. The first-order valence-corrected chi connectivity index (χ1v) is 8.01. The summed E-state index contributed by atoms with van der Waals surface area (Å²) in [6.45, 7) is 0.619. The molecule has 6 nitrogen and oxygen atoms in total. The molecule has 1 aliphatic rings. The van der Waals surface area contributed by atoms with Crippen molar-refractivity contribution in [1.82, 2.24) is 5.32 Å². The molecule has 4 rings (SSSR count). The SMILES string of the molecule is O=C(NC[C@H]1CN(c2ccccc2)C(=O)O1)c1cc2ccccc2o1. The molecule has 0 spiro atoms. The minimum Gasteiger partial charge on any atom is -0.451 e. The van der Waals surface area contributed by atoms with Crippen molar-refractivity contribution in [1.29, 1.82) is 0 Å². The number of fused-ring (bicyclic) bond motifs is 1. The van der Waals surface area contributed by atoms with Gasteiger partial charge in [-0.3, -0.25) is 9.69 Å². The van der Waals surface area contributed by atoms with E-state index in [-0.39, 0.29) is 18.2 Å². The third-order valence-electron chi connectivity index (χ3n) is 4.08. The monoisotopic (exact) mass is 336 g/mol. The quantitative estimate of drug-likeness (QED) is 0.794. The molecule has 1 N–H and O–H groups in total. The maximum absolute atomic E-state index is 12.2. The average Bonchev–Trinajstić information content (AvgIpc) is 3.24. The zero-order valence-electron chi connectivity index (χ0n) is 13.3. The topological polar surface area (TPSA) is 71.8 Å². The van der Waals surface area contributed by atoms with Gasteiger partial charge in [-0.2, -0.15) is 0 Å². The average molecular weight is 336 g/mol. The standard InChI is InChI=1S/C19H16N2O4/c22-18(17-10-13-6-4-5-9-16(13)25-17)20-11-15-12-21(19(23)24-15)14-7-2-1-3-8-14/h1-10,15H,11-12H2,(H,20,22)/t15-/m0/s1. The molecule has 1 aromatic heterocycles. The van der Waals surface area contributed by atoms with E-state index in [0.29, 0.717) is 12.1 Å². The van der Waals surface area contributed by atoms with Crippen LogP contribution in [0.1, 0.15) is 10.6 Å². The Balaban J connectivity index is 1.38. The summed E-state index contributed by atoms with van der Waals surface area (Å²) in [6.07, 6.45) is -0.810. The largest absolute Gasteiger partial charge is 0.451 e. The summed E-state index contributed by atoms with van der Waals surface area (Å²) in [7, 11) is 0. The van der Waals surface area contributed by atoms with Gasteiger partial charge < -0.3 is 14.5 Å². The highest BCUT2D eigenvalue weighted by Gasteiger charge is 2.32. The number of carbonyl (C=O) groups excluding carboxylic acids is 2. The molecule has 126 valence electrons. The van der Waals surface area contributed by atoms with E-state index in [9.17, 15) is 9.59 Å². The summed E-state index contributed by atoms with van der Waals surface area (Å²) in [5.41, 5.74) is 1.44. The van der Waals surface area contributed by atoms with E-state index < -0.39 is 12.2 Å². The van der Waals surface area contributed by atoms with E-state index in [4.69, 9.17) is 9.15 Å². The molecule has 3 aromatic rings. The Labute approximate surface area is 144 Å². The molecular weight excluding hydrogens is 320 g/mol. The number of furan rings is 1. The number of rotatable bonds is 4. The van der Waals surface area contributed by atoms with Crippen LogP contribution in [0.25, 0.3) is 11.0 Å². The van der Waals surface area contributed by atoms with Gasteiger partial charge in [-0.1, -0.05) is 36.4 Å². The van der Waals surface area contributed by atoms with Crippen LogP contribution >= 0.6 is 0 Å². The fourth-order valence-electron chi connectivity index (χ4n) is 2.83. The van der Waals surface area contributed by atoms with Crippen LogP contribution < -0.4 is 10.2 Å². The van der Waals surface area contributed by atoms with Crippen molar-refractivity contribution in [2.24, 2.45) is 0 Å². The van der Waals surface area contributed by atoms with Crippen molar-refractivity contribution < 1.29 is 18.7 Å². The van der Waals surface area contributed by atoms with Gasteiger partial charge >= 0.3 is 6.09 Å². The second-order valence-corrected chi connectivity index (χ2v) is 5.81. The molecule has 0 unspecified atom stereocenters. The van der Waals surface area contributed by atoms with Crippen LogP contribution in [0.4, 0.5) is 10.5 Å². The van der Waals surface area contributed by atoms with Crippen LogP contribution in [-0.4, -0.2) is 31.2 Å². The summed E-state index contributed by atoms with van der Waals surface area (Å²) < 4.78 is 10.8. The van der Waals surface area contributed by atoms with Crippen molar-refractivity contribution in [2.75, 3.05) is 18.0 Å². The predicted octanol–water partition coefficient (Wildman–Crippen LogP) is 3.19. The molecule has 2 heterocycles. The van der Waals surface area contributed by atoms with E-state index in [1.54, 1.807) is 11.0 Å². The molecule has 1 aliphatic heterocycles. The molecule has 2 amide bonds. The normalized spacial score (nSPS) is 16.9. The molecule has 1 fully saturated rings. The highest BCUT2D eigenvalue weighted by atomic mass is 16.6. The minimum absolute atomic E-state index is 0.227. The Morgan fingerprint density at radius 2 is 1.88 bits per heavy atom. The number of nitrogens with zero attached hydrogens (tertiary/aromatic N) is 1. The lowest BCUT2D eigenvalue weighted by atomic mass is 10.2. The van der Waals surface area contributed by atoms with Gasteiger partial charge in [0.1, 0.15) is 11.7 Å². The van der Waals surface area contributed by atoms with E-state index >= 15 is 0 Å². The Kier molecular flexibility index (Phi) is 3.85. The number of carbonyl (C=O) groups is 2. The zero-order chi connectivity index (χ0) is 17.2. The number of para-hydroxylation sites is 2. The van der Waals surface area contributed by atoms with Gasteiger partial charge in [0, 0.05) is 11.1 Å². The molecule has 0 aliphatic carbocycles. The number of anilines is 1. The molecule has 2 aromatic carbocycles. The van der Waals surface area contributed by atoms with Crippen LogP contribution in [0.15, 0.2) is 65.1 Å². The van der Waals surface area contributed by atoms with Crippen LogP contribution in [0.2, 0.25) is 0 Å².